The lowest BCUT2D eigenvalue weighted by molar-refractivity contribution is 0.102. The van der Waals surface area contributed by atoms with Crippen molar-refractivity contribution in [3.63, 3.8) is 0 Å². The van der Waals surface area contributed by atoms with E-state index >= 15 is 0 Å². The van der Waals surface area contributed by atoms with Crippen LogP contribution in [0, 0.1) is 27.7 Å². The molecule has 0 atom stereocenters. The fourth-order valence-electron chi connectivity index (χ4n) is 3.05. The number of aromatic nitrogens is 1. The van der Waals surface area contributed by atoms with Crippen molar-refractivity contribution in [2.75, 3.05) is 17.3 Å². The lowest BCUT2D eigenvalue weighted by Crippen LogP contribution is -2.13. The molecular weight excluding hydrogens is 342 g/mol. The highest BCUT2D eigenvalue weighted by Crippen LogP contribution is 2.31. The Morgan fingerprint density at radius 3 is 2.27 bits per heavy atom. The first kappa shape index (κ1) is 18.1. The van der Waals surface area contributed by atoms with Crippen LogP contribution in [0.15, 0.2) is 42.5 Å². The molecular formula is C21H23N3OS. The van der Waals surface area contributed by atoms with Gasteiger partial charge in [-0.15, -0.1) is 0 Å². The Morgan fingerprint density at radius 1 is 1.04 bits per heavy atom. The third kappa shape index (κ3) is 3.63. The summed E-state index contributed by atoms with van der Waals surface area (Å²) in [5, 5.41) is 3.87. The molecule has 5 heteroatoms. The number of carbonyl (C=O) groups excluding carboxylic acids is 1. The number of benzene rings is 2. The molecule has 2 aromatic carbocycles. The summed E-state index contributed by atoms with van der Waals surface area (Å²) in [6.45, 7) is 7.97. The highest BCUT2D eigenvalue weighted by molar-refractivity contribution is 7.17. The number of thiazole rings is 1. The van der Waals surface area contributed by atoms with Gasteiger partial charge < -0.3 is 10.2 Å². The molecule has 1 aromatic heterocycles. The average Bonchev–Trinajstić information content (AvgIpc) is 3.00. The van der Waals surface area contributed by atoms with Crippen LogP contribution in [-0.2, 0) is 0 Å². The maximum absolute atomic E-state index is 12.8. The second-order valence-corrected chi connectivity index (χ2v) is 7.51. The molecule has 0 bridgehead atoms. The van der Waals surface area contributed by atoms with E-state index in [0.717, 1.165) is 33.3 Å². The fraction of sp³-hybridized carbons (Fsp3) is 0.238. The molecule has 0 aliphatic carbocycles. The van der Waals surface area contributed by atoms with E-state index < -0.39 is 0 Å². The number of nitrogens with zero attached hydrogens (tertiary/aromatic N) is 2. The Bertz CT molecular complexity index is 924. The SMILES string of the molecule is Cc1cc(C)c(NC(=O)c2sc(N(C)c3ccccc3)nc2C)c(C)c1. The van der Waals surface area contributed by atoms with Gasteiger partial charge in [0.15, 0.2) is 5.13 Å². The van der Waals surface area contributed by atoms with Crippen molar-refractivity contribution in [1.29, 1.82) is 0 Å². The number of rotatable bonds is 4. The molecule has 0 spiro atoms. The molecule has 3 rings (SSSR count). The summed E-state index contributed by atoms with van der Waals surface area (Å²) < 4.78 is 0. The van der Waals surface area contributed by atoms with Gasteiger partial charge in [-0.05, 0) is 51.0 Å². The molecule has 0 fully saturated rings. The number of hydrogen-bond donors (Lipinski definition) is 1. The molecule has 134 valence electrons. The van der Waals surface area contributed by atoms with E-state index in [1.807, 2.05) is 63.1 Å². The summed E-state index contributed by atoms with van der Waals surface area (Å²) in [6.07, 6.45) is 0. The lowest BCUT2D eigenvalue weighted by Gasteiger charge is -2.15. The summed E-state index contributed by atoms with van der Waals surface area (Å²) >= 11 is 1.41. The molecule has 1 amide bonds. The van der Waals surface area contributed by atoms with Crippen molar-refractivity contribution in [1.82, 2.24) is 4.98 Å². The standard InChI is InChI=1S/C21H23N3OS/c1-13-11-14(2)18(15(3)12-13)23-20(25)19-16(4)22-21(26-19)24(5)17-9-7-6-8-10-17/h6-12H,1-5H3,(H,23,25). The van der Waals surface area contributed by atoms with Crippen molar-refractivity contribution in [3.05, 3.63) is 69.7 Å². The van der Waals surface area contributed by atoms with Gasteiger partial charge in [-0.2, -0.15) is 0 Å². The summed E-state index contributed by atoms with van der Waals surface area (Å²) in [5.41, 5.74) is 6.00. The van der Waals surface area contributed by atoms with Crippen molar-refractivity contribution in [2.24, 2.45) is 0 Å². The summed E-state index contributed by atoms with van der Waals surface area (Å²) in [7, 11) is 1.96. The Morgan fingerprint density at radius 2 is 1.65 bits per heavy atom. The van der Waals surface area contributed by atoms with Crippen molar-refractivity contribution < 1.29 is 4.79 Å². The number of nitrogens with one attached hydrogen (secondary N) is 1. The maximum atomic E-state index is 12.8. The third-order valence-electron chi connectivity index (χ3n) is 4.34. The molecule has 0 unspecified atom stereocenters. The molecule has 3 aromatic rings. The maximum Gasteiger partial charge on any atom is 0.267 e. The van der Waals surface area contributed by atoms with E-state index in [1.165, 1.54) is 16.9 Å². The minimum atomic E-state index is -0.109. The van der Waals surface area contributed by atoms with Gasteiger partial charge in [-0.3, -0.25) is 4.79 Å². The van der Waals surface area contributed by atoms with Crippen molar-refractivity contribution in [2.45, 2.75) is 27.7 Å². The van der Waals surface area contributed by atoms with Gasteiger partial charge in [0.05, 0.1) is 5.69 Å². The monoisotopic (exact) mass is 365 g/mol. The molecule has 0 aliphatic heterocycles. The largest absolute Gasteiger partial charge is 0.321 e. The second-order valence-electron chi connectivity index (χ2n) is 6.53. The topological polar surface area (TPSA) is 45.2 Å². The van der Waals surface area contributed by atoms with Crippen LogP contribution in [0.4, 0.5) is 16.5 Å². The first-order valence-electron chi connectivity index (χ1n) is 8.52. The van der Waals surface area contributed by atoms with Crippen LogP contribution in [0.2, 0.25) is 0 Å². The predicted octanol–water partition coefficient (Wildman–Crippen LogP) is 5.40. The smallest absolute Gasteiger partial charge is 0.267 e. The van der Waals surface area contributed by atoms with Crippen LogP contribution in [0.3, 0.4) is 0 Å². The van der Waals surface area contributed by atoms with E-state index in [0.29, 0.717) is 4.88 Å². The quantitative estimate of drug-likeness (QED) is 0.673. The van der Waals surface area contributed by atoms with Crippen LogP contribution in [0.1, 0.15) is 32.1 Å². The van der Waals surface area contributed by atoms with Crippen molar-refractivity contribution >= 4 is 33.8 Å². The Balaban J connectivity index is 1.86. The van der Waals surface area contributed by atoms with Crippen LogP contribution in [-0.4, -0.2) is 17.9 Å². The molecule has 4 nitrogen and oxygen atoms in total. The Kier molecular flexibility index (Phi) is 5.09. The molecule has 0 saturated carbocycles. The number of para-hydroxylation sites is 1. The summed E-state index contributed by atoms with van der Waals surface area (Å²) in [6, 6.07) is 14.2. The molecule has 0 saturated heterocycles. The van der Waals surface area contributed by atoms with Gasteiger partial charge in [-0.1, -0.05) is 47.2 Å². The van der Waals surface area contributed by atoms with Gasteiger partial charge in [0.2, 0.25) is 0 Å². The lowest BCUT2D eigenvalue weighted by atomic mass is 10.1. The number of hydrogen-bond acceptors (Lipinski definition) is 4. The molecule has 1 heterocycles. The zero-order valence-electron chi connectivity index (χ0n) is 15.8. The summed E-state index contributed by atoms with van der Waals surface area (Å²) in [4.78, 5) is 20.1. The molecule has 0 radical (unpaired) electrons. The first-order chi connectivity index (χ1) is 12.4. The number of carbonyl (C=O) groups is 1. The van der Waals surface area contributed by atoms with Crippen molar-refractivity contribution in [3.8, 4) is 0 Å². The summed E-state index contributed by atoms with van der Waals surface area (Å²) in [5.74, 6) is -0.109. The van der Waals surface area contributed by atoms with Gasteiger partial charge >= 0.3 is 0 Å². The van der Waals surface area contributed by atoms with E-state index in [4.69, 9.17) is 0 Å². The minimum absolute atomic E-state index is 0.109. The van der Waals surface area contributed by atoms with E-state index in [1.54, 1.807) is 0 Å². The first-order valence-corrected chi connectivity index (χ1v) is 9.34. The number of aryl methyl sites for hydroxylation is 4. The van der Waals surface area contributed by atoms with E-state index in [2.05, 4.69) is 29.4 Å². The molecule has 1 N–H and O–H groups in total. The highest BCUT2D eigenvalue weighted by atomic mass is 32.1. The second kappa shape index (κ2) is 7.30. The number of anilines is 3. The van der Waals surface area contributed by atoms with Crippen LogP contribution in [0.25, 0.3) is 0 Å². The predicted molar refractivity (Wildman–Crippen MR) is 110 cm³/mol. The van der Waals surface area contributed by atoms with Crippen LogP contribution < -0.4 is 10.2 Å². The fourth-order valence-corrected chi connectivity index (χ4v) is 3.99. The number of amides is 1. The normalized spacial score (nSPS) is 10.7. The van der Waals surface area contributed by atoms with Gasteiger partial charge in [0.25, 0.3) is 5.91 Å². The van der Waals surface area contributed by atoms with E-state index in [-0.39, 0.29) is 5.91 Å². The molecule has 0 aliphatic rings. The zero-order chi connectivity index (χ0) is 18.8. The highest BCUT2D eigenvalue weighted by Gasteiger charge is 2.19. The minimum Gasteiger partial charge on any atom is -0.321 e. The molecule has 26 heavy (non-hydrogen) atoms. The van der Waals surface area contributed by atoms with Gasteiger partial charge in [-0.25, -0.2) is 4.98 Å². The van der Waals surface area contributed by atoms with Crippen LogP contribution in [0.5, 0.6) is 0 Å². The Hall–Kier alpha value is -2.66. The van der Waals surface area contributed by atoms with Crippen LogP contribution >= 0.6 is 11.3 Å². The third-order valence-corrected chi connectivity index (χ3v) is 5.57. The van der Waals surface area contributed by atoms with E-state index in [9.17, 15) is 4.79 Å². The Labute approximate surface area is 158 Å². The zero-order valence-corrected chi connectivity index (χ0v) is 16.6. The average molecular weight is 366 g/mol. The van der Waals surface area contributed by atoms with Gasteiger partial charge in [0.1, 0.15) is 4.88 Å². The van der Waals surface area contributed by atoms with Gasteiger partial charge in [0, 0.05) is 18.4 Å².